The molecule has 0 atom stereocenters. The number of hydrogen-bond acceptors (Lipinski definition) is 6. The number of fused-ring (bicyclic) bond motifs is 4. The van der Waals surface area contributed by atoms with E-state index in [1.165, 1.54) is 36.5 Å². The zero-order valence-corrected chi connectivity index (χ0v) is 18.2. The van der Waals surface area contributed by atoms with E-state index in [9.17, 15) is 34.9 Å². The molecule has 174 valence electrons. The van der Waals surface area contributed by atoms with Gasteiger partial charge in [0.1, 0.15) is 41.2 Å². The maximum atomic E-state index is 15.3. The largest absolute Gasteiger partial charge is 0.507 e. The van der Waals surface area contributed by atoms with Gasteiger partial charge in [0.15, 0.2) is 23.3 Å². The third-order valence-electron chi connectivity index (χ3n) is 6.09. The Kier molecular flexibility index (Phi) is 5.11. The van der Waals surface area contributed by atoms with Crippen LogP contribution < -0.4 is 0 Å². The summed E-state index contributed by atoms with van der Waals surface area (Å²) in [6, 6.07) is 13.5. The summed E-state index contributed by atoms with van der Waals surface area (Å²) < 4.78 is 59.4. The van der Waals surface area contributed by atoms with Gasteiger partial charge in [-0.15, -0.1) is 0 Å². The van der Waals surface area contributed by atoms with Crippen LogP contribution in [0.15, 0.2) is 53.2 Å². The van der Waals surface area contributed by atoms with Gasteiger partial charge in [-0.05, 0) is 17.7 Å². The first-order valence-electron chi connectivity index (χ1n) is 10.3. The number of hydrogen-bond donors (Lipinski definition) is 1. The summed E-state index contributed by atoms with van der Waals surface area (Å²) in [6.07, 6.45) is 1.41. The molecular formula is C27H7F4N5O. The van der Waals surface area contributed by atoms with Gasteiger partial charge in [0.05, 0.1) is 11.3 Å². The molecule has 0 amide bonds. The first-order valence-corrected chi connectivity index (χ1v) is 10.3. The van der Waals surface area contributed by atoms with Gasteiger partial charge in [0.25, 0.3) is 0 Å². The number of rotatable bonds is 0. The molecule has 5 rings (SSSR count). The molecule has 0 spiro atoms. The Hall–Kier alpha value is -5.71. The lowest BCUT2D eigenvalue weighted by Crippen LogP contribution is -2.04. The molecule has 0 aliphatic heterocycles. The van der Waals surface area contributed by atoms with E-state index in [0.29, 0.717) is 0 Å². The molecule has 1 heterocycles. The van der Waals surface area contributed by atoms with Crippen molar-refractivity contribution in [3.8, 4) is 41.3 Å². The Bertz CT molecular complexity index is 1760. The van der Waals surface area contributed by atoms with Gasteiger partial charge in [-0.25, -0.2) is 17.6 Å². The molecule has 37 heavy (non-hydrogen) atoms. The van der Waals surface area contributed by atoms with E-state index in [-0.39, 0.29) is 39.3 Å². The lowest BCUT2D eigenvalue weighted by molar-refractivity contribution is 0.407. The number of phenolic OH excluding ortho intramolecular Hbond substituents is 1. The summed E-state index contributed by atoms with van der Waals surface area (Å²) in [5.41, 5.74) is -4.26. The van der Waals surface area contributed by atoms with Crippen LogP contribution in [0.2, 0.25) is 0 Å². The third-order valence-corrected chi connectivity index (χ3v) is 6.09. The summed E-state index contributed by atoms with van der Waals surface area (Å²) in [5, 5.41) is 49.4. The second-order valence-electron chi connectivity index (χ2n) is 7.80. The van der Waals surface area contributed by atoms with E-state index in [0.717, 1.165) is 0 Å². The van der Waals surface area contributed by atoms with E-state index < -0.39 is 56.7 Å². The number of benzene rings is 2. The summed E-state index contributed by atoms with van der Waals surface area (Å²) in [5.74, 6) is -8.43. The molecule has 1 N–H and O–H groups in total. The van der Waals surface area contributed by atoms with Crippen LogP contribution in [0.5, 0.6) is 5.75 Å². The summed E-state index contributed by atoms with van der Waals surface area (Å²) in [7, 11) is 0. The highest BCUT2D eigenvalue weighted by atomic mass is 19.2. The molecule has 0 bridgehead atoms. The maximum absolute atomic E-state index is 15.3. The first kappa shape index (κ1) is 23.1. The fourth-order valence-electron chi connectivity index (χ4n) is 4.72. The molecule has 1 aromatic heterocycles. The second-order valence-corrected chi connectivity index (χ2v) is 7.80. The van der Waals surface area contributed by atoms with Gasteiger partial charge < -0.3 is 5.11 Å². The standard InChI is InChI=1S/C27H7F4N5O/c28-23-21-16(11(7-32)8-33)20(17(12(9-34)10-35)22(21)24(29)26(31)25(23)30)18-13-3-1-5-15(37)19(13)27-14(18)4-2-6-36-27/h1-6,37H. The van der Waals surface area contributed by atoms with E-state index in [1.54, 1.807) is 24.3 Å². The smallest absolute Gasteiger partial charge is 0.198 e. The van der Waals surface area contributed by atoms with Crippen molar-refractivity contribution in [2.24, 2.45) is 0 Å². The van der Waals surface area contributed by atoms with E-state index in [4.69, 9.17) is 0 Å². The van der Waals surface area contributed by atoms with Crippen molar-refractivity contribution in [1.29, 1.82) is 21.0 Å². The fraction of sp³-hybridized carbons (Fsp3) is 0. The minimum Gasteiger partial charge on any atom is -0.507 e. The molecule has 2 aromatic carbocycles. The number of aromatic nitrogens is 1. The Morgan fingerprint density at radius 2 is 1.16 bits per heavy atom. The number of allylic oxidation sites excluding steroid dienone is 5. The highest BCUT2D eigenvalue weighted by Crippen LogP contribution is 2.58. The predicted octanol–water partition coefficient (Wildman–Crippen LogP) is 5.44. The Labute approximate surface area is 205 Å². The molecule has 0 saturated heterocycles. The van der Waals surface area contributed by atoms with E-state index in [2.05, 4.69) is 4.98 Å². The van der Waals surface area contributed by atoms with Crippen molar-refractivity contribution in [1.82, 2.24) is 4.98 Å². The van der Waals surface area contributed by atoms with Gasteiger partial charge in [-0.3, -0.25) is 4.98 Å². The molecule has 0 saturated carbocycles. The minimum atomic E-state index is -2.20. The van der Waals surface area contributed by atoms with Crippen molar-refractivity contribution in [3.63, 3.8) is 0 Å². The molecule has 2 aliphatic carbocycles. The zero-order chi connectivity index (χ0) is 26.6. The fourth-order valence-corrected chi connectivity index (χ4v) is 4.72. The monoisotopic (exact) mass is 493 g/mol. The Morgan fingerprint density at radius 1 is 0.649 bits per heavy atom. The predicted molar refractivity (Wildman–Crippen MR) is 120 cm³/mol. The molecule has 3 aromatic rings. The first-order chi connectivity index (χ1) is 17.8. The van der Waals surface area contributed by atoms with Gasteiger partial charge in [0.2, 0.25) is 0 Å². The van der Waals surface area contributed by atoms with Crippen LogP contribution in [0.3, 0.4) is 0 Å². The van der Waals surface area contributed by atoms with Crippen LogP contribution in [-0.2, 0) is 0 Å². The lowest BCUT2D eigenvalue weighted by atomic mass is 9.88. The maximum Gasteiger partial charge on any atom is 0.198 e. The minimum absolute atomic E-state index is 0.0424. The summed E-state index contributed by atoms with van der Waals surface area (Å²) in [6.45, 7) is 0. The van der Waals surface area contributed by atoms with Gasteiger partial charge in [-0.1, -0.05) is 18.2 Å². The van der Waals surface area contributed by atoms with Gasteiger partial charge >= 0.3 is 0 Å². The zero-order valence-electron chi connectivity index (χ0n) is 18.2. The topological polar surface area (TPSA) is 128 Å². The third kappa shape index (κ3) is 2.91. The van der Waals surface area contributed by atoms with Gasteiger partial charge in [0, 0.05) is 45.2 Å². The second kappa shape index (κ2) is 8.20. The van der Waals surface area contributed by atoms with Crippen LogP contribution in [0, 0.1) is 68.6 Å². The summed E-state index contributed by atoms with van der Waals surface area (Å²) >= 11 is 0. The molecule has 2 aliphatic rings. The van der Waals surface area contributed by atoms with Gasteiger partial charge in [-0.2, -0.15) is 21.0 Å². The van der Waals surface area contributed by atoms with E-state index >= 15 is 8.78 Å². The van der Waals surface area contributed by atoms with Crippen molar-refractivity contribution in [2.45, 2.75) is 0 Å². The van der Waals surface area contributed by atoms with E-state index in [1.807, 2.05) is 0 Å². The highest BCUT2D eigenvalue weighted by molar-refractivity contribution is 6.21. The molecule has 0 unspecified atom stereocenters. The normalized spacial score (nSPS) is 12.6. The highest BCUT2D eigenvalue weighted by Gasteiger charge is 2.44. The number of pyridine rings is 1. The van der Waals surface area contributed by atoms with Crippen molar-refractivity contribution < 1.29 is 22.7 Å². The summed E-state index contributed by atoms with van der Waals surface area (Å²) in [4.78, 5) is 4.26. The van der Waals surface area contributed by atoms with Crippen molar-refractivity contribution in [3.05, 3.63) is 98.8 Å². The van der Waals surface area contributed by atoms with Crippen LogP contribution in [0.4, 0.5) is 17.6 Å². The van der Waals surface area contributed by atoms with Crippen LogP contribution in [0.1, 0.15) is 22.3 Å². The molecule has 10 heteroatoms. The number of aromatic hydroxyl groups is 1. The molecule has 6 nitrogen and oxygen atoms in total. The molecule has 0 fully saturated rings. The number of halogens is 4. The van der Waals surface area contributed by atoms with Crippen LogP contribution in [-0.4, -0.2) is 10.1 Å². The Balaban J connectivity index is 2.16. The Morgan fingerprint density at radius 3 is 1.68 bits per heavy atom. The number of nitrogens with zero attached hydrogens (tertiary/aromatic N) is 5. The SMILES string of the molecule is N#CC(C#N)=C1C(=C2c3cccnc3-c3c(O)cccc32)C(=C(C#N)C#N)c2c(F)c(F)c(F)c(F)c21. The quantitative estimate of drug-likeness (QED) is 0.150. The lowest BCUT2D eigenvalue weighted by Gasteiger charge is -2.12. The van der Waals surface area contributed by atoms with Crippen LogP contribution in [0.25, 0.3) is 28.0 Å². The van der Waals surface area contributed by atoms with Crippen molar-refractivity contribution in [2.75, 3.05) is 0 Å². The average molecular weight is 493 g/mol. The number of phenols is 1. The van der Waals surface area contributed by atoms with Crippen molar-refractivity contribution >= 4 is 16.7 Å². The molecular weight excluding hydrogens is 486 g/mol. The average Bonchev–Trinajstić information content (AvgIpc) is 3.42. The number of nitriles is 4. The van der Waals surface area contributed by atoms with Crippen LogP contribution >= 0.6 is 0 Å². The molecule has 0 radical (unpaired) electrons.